The summed E-state index contributed by atoms with van der Waals surface area (Å²) in [7, 11) is 0. The number of aliphatic hydroxyl groups is 2. The summed E-state index contributed by atoms with van der Waals surface area (Å²) in [4.78, 5) is 51.1. The molecule has 0 aliphatic heterocycles. The summed E-state index contributed by atoms with van der Waals surface area (Å²) >= 11 is 0. The lowest BCUT2D eigenvalue weighted by molar-refractivity contribution is -0.113. The van der Waals surface area contributed by atoms with E-state index in [1.807, 2.05) is 0 Å². The Morgan fingerprint density at radius 1 is 0.552 bits per heavy atom. The van der Waals surface area contributed by atoms with Gasteiger partial charge in [-0.2, -0.15) is 0 Å². The van der Waals surface area contributed by atoms with Crippen LogP contribution in [0.4, 0.5) is 11.4 Å². The molecule has 0 bridgehead atoms. The molecule has 0 saturated carbocycles. The molecule has 6 rings (SSSR count). The van der Waals surface area contributed by atoms with Crippen LogP contribution in [0.2, 0.25) is 0 Å². The summed E-state index contributed by atoms with van der Waals surface area (Å²) in [5, 5.41) is 91.8. The average molecular weight is 789 g/mol. The smallest absolute Gasteiger partial charge is 0.339 e. The first kappa shape index (κ1) is 40.2. The molecule has 0 atom stereocenters. The number of anilines is 2. The van der Waals surface area contributed by atoms with E-state index in [4.69, 9.17) is 0 Å². The normalized spacial score (nSPS) is 15.4. The number of aromatic hydroxyl groups is 4. The average Bonchev–Trinajstić information content (AvgIpc) is 3.14. The van der Waals surface area contributed by atoms with Gasteiger partial charge >= 0.3 is 11.9 Å². The van der Waals surface area contributed by atoms with E-state index in [0.29, 0.717) is 22.3 Å². The molecule has 298 valence electrons. The highest BCUT2D eigenvalue weighted by atomic mass is 16.4. The number of carboxylic acid groups (broad SMARTS) is 2. The van der Waals surface area contributed by atoms with Crippen LogP contribution in [0.5, 0.6) is 23.0 Å². The first-order valence-electron chi connectivity index (χ1n) is 18.0. The lowest BCUT2D eigenvalue weighted by atomic mass is 9.75. The van der Waals surface area contributed by atoms with Crippen LogP contribution >= 0.6 is 0 Å². The number of rotatable bonds is 9. The summed E-state index contributed by atoms with van der Waals surface area (Å²) in [6, 6.07) is 10.6. The zero-order valence-corrected chi connectivity index (χ0v) is 32.1. The summed E-state index contributed by atoms with van der Waals surface area (Å²) in [6.07, 6.45) is 2.38. The fraction of sp³-hybridized carbons (Fsp3) is 0.182. The molecule has 14 heteroatoms. The van der Waals surface area contributed by atoms with Crippen LogP contribution in [0, 0.1) is 25.7 Å². The van der Waals surface area contributed by atoms with Crippen molar-refractivity contribution in [1.82, 2.24) is 0 Å². The van der Waals surface area contributed by atoms with E-state index in [2.05, 4.69) is 10.6 Å². The van der Waals surface area contributed by atoms with Crippen LogP contribution in [-0.4, -0.2) is 64.4 Å². The van der Waals surface area contributed by atoms with Crippen molar-refractivity contribution in [1.29, 1.82) is 0 Å². The molecule has 0 heterocycles. The third-order valence-corrected chi connectivity index (χ3v) is 10.2. The molecule has 10 N–H and O–H groups in total. The first-order valence-corrected chi connectivity index (χ1v) is 18.0. The standard InChI is InChI=1S/C44H40N2O12/c1-17(2)31-25-11-19(5)33(39(51)35(25)27(37(49)41(31)53)15-45-21-7-9-29(47)23(13-21)43(55)56)34-20(6)12-26-32(18(3)4)42(54)38(50)28(36(26)40(34)52)16-46-22-8-10-30(48)24(14-22)44(57)58/h7-18,45-48,51-54H,1-6H3,(H,55,56)(H,57,58). The predicted octanol–water partition coefficient (Wildman–Crippen LogP) is 8.11. The van der Waals surface area contributed by atoms with E-state index in [9.17, 15) is 60.0 Å². The monoisotopic (exact) mass is 788 g/mol. The quantitative estimate of drug-likeness (QED) is 0.0568. The van der Waals surface area contributed by atoms with Crippen LogP contribution in [0.25, 0.3) is 33.4 Å². The molecule has 4 aromatic rings. The summed E-state index contributed by atoms with van der Waals surface area (Å²) in [6.45, 7) is 10.3. The van der Waals surface area contributed by atoms with Crippen LogP contribution in [0.1, 0.15) is 81.8 Å². The minimum atomic E-state index is -1.40. The number of nitrogens with one attached hydrogen (secondary N) is 2. The lowest BCUT2D eigenvalue weighted by Gasteiger charge is -2.29. The van der Waals surface area contributed by atoms with E-state index < -0.39 is 81.0 Å². The number of phenolic OH excluding ortho intramolecular Hbond substituents is 2. The largest absolute Gasteiger partial charge is 0.507 e. The number of aromatic carboxylic acids is 2. The van der Waals surface area contributed by atoms with Crippen LogP contribution in [0.3, 0.4) is 0 Å². The van der Waals surface area contributed by atoms with Gasteiger partial charge in [-0.1, -0.05) is 39.8 Å². The zero-order chi connectivity index (χ0) is 42.7. The number of fused-ring (bicyclic) bond motifs is 2. The Bertz CT molecular complexity index is 2460. The number of ketones is 2. The maximum atomic E-state index is 13.9. The van der Waals surface area contributed by atoms with Gasteiger partial charge < -0.3 is 51.5 Å². The highest BCUT2D eigenvalue weighted by Gasteiger charge is 2.38. The van der Waals surface area contributed by atoms with Crippen LogP contribution in [-0.2, 0) is 9.59 Å². The molecule has 2 aliphatic carbocycles. The summed E-state index contributed by atoms with van der Waals surface area (Å²) in [5.41, 5.74) is 1.14. The lowest BCUT2D eigenvalue weighted by Crippen LogP contribution is -2.20. The third-order valence-electron chi connectivity index (χ3n) is 10.2. The number of aliphatic hydroxyl groups excluding tert-OH is 2. The van der Waals surface area contributed by atoms with Crippen LogP contribution in [0.15, 0.2) is 72.4 Å². The van der Waals surface area contributed by atoms with Crippen LogP contribution < -0.4 is 10.6 Å². The summed E-state index contributed by atoms with van der Waals surface area (Å²) in [5.74, 6) is -8.36. The maximum absolute atomic E-state index is 13.9. The Morgan fingerprint density at radius 3 is 1.21 bits per heavy atom. The molecule has 58 heavy (non-hydrogen) atoms. The van der Waals surface area contributed by atoms with E-state index in [0.717, 1.165) is 24.3 Å². The highest BCUT2D eigenvalue weighted by molar-refractivity contribution is 6.35. The van der Waals surface area contributed by atoms with Gasteiger partial charge in [0.25, 0.3) is 0 Å². The molecule has 0 spiro atoms. The Hall–Kier alpha value is -7.48. The van der Waals surface area contributed by atoms with Crippen molar-refractivity contribution in [2.24, 2.45) is 11.8 Å². The first-order chi connectivity index (χ1) is 27.3. The number of phenols is 4. The minimum Gasteiger partial charge on any atom is -0.507 e. The number of hydrogen-bond acceptors (Lipinski definition) is 12. The second-order valence-corrected chi connectivity index (χ2v) is 14.7. The number of carboxylic acids is 2. The molecule has 0 aromatic heterocycles. The fourth-order valence-electron chi connectivity index (χ4n) is 7.53. The second-order valence-electron chi connectivity index (χ2n) is 14.7. The van der Waals surface area contributed by atoms with Gasteiger partial charge in [0.2, 0.25) is 11.6 Å². The summed E-state index contributed by atoms with van der Waals surface area (Å²) < 4.78 is 0. The molecule has 0 radical (unpaired) electrons. The molecule has 14 nitrogen and oxygen atoms in total. The topological polar surface area (TPSA) is 254 Å². The van der Waals surface area contributed by atoms with Crippen molar-refractivity contribution >= 4 is 57.2 Å². The van der Waals surface area contributed by atoms with E-state index in [1.165, 1.54) is 24.5 Å². The van der Waals surface area contributed by atoms with Gasteiger partial charge in [0, 0.05) is 57.2 Å². The Balaban J connectivity index is 1.61. The number of Topliss-reactive ketones (excluding diaryl/α,β-unsaturated/α-hetero) is 2. The molecule has 0 saturated heterocycles. The Kier molecular flexibility index (Phi) is 10.3. The molecule has 0 fully saturated rings. The molecular weight excluding hydrogens is 748 g/mol. The predicted molar refractivity (Wildman–Crippen MR) is 217 cm³/mol. The van der Waals surface area contributed by atoms with Gasteiger partial charge in [0.15, 0.2) is 11.5 Å². The van der Waals surface area contributed by atoms with E-state index in [1.54, 1.807) is 53.7 Å². The Labute approximate surface area is 331 Å². The molecular formula is C44H40N2O12. The number of carbonyl (C=O) groups excluding carboxylic acids is 2. The van der Waals surface area contributed by atoms with Crippen molar-refractivity contribution in [3.63, 3.8) is 0 Å². The molecule has 0 amide bonds. The van der Waals surface area contributed by atoms with Gasteiger partial charge in [-0.3, -0.25) is 9.59 Å². The van der Waals surface area contributed by atoms with Gasteiger partial charge in [-0.25, -0.2) is 9.59 Å². The van der Waals surface area contributed by atoms with E-state index in [-0.39, 0.29) is 55.9 Å². The number of benzene rings is 4. The van der Waals surface area contributed by atoms with Crippen molar-refractivity contribution in [3.8, 4) is 34.1 Å². The van der Waals surface area contributed by atoms with E-state index >= 15 is 0 Å². The van der Waals surface area contributed by atoms with Crippen molar-refractivity contribution in [2.45, 2.75) is 41.5 Å². The number of aryl methyl sites for hydroxylation is 2. The minimum absolute atomic E-state index is 0.0103. The zero-order valence-electron chi connectivity index (χ0n) is 32.1. The molecule has 4 aromatic carbocycles. The molecule has 0 unspecified atom stereocenters. The third kappa shape index (κ3) is 6.63. The van der Waals surface area contributed by atoms with Crippen molar-refractivity contribution < 1.29 is 60.0 Å². The highest BCUT2D eigenvalue weighted by Crippen LogP contribution is 2.53. The van der Waals surface area contributed by atoms with Gasteiger partial charge in [0.1, 0.15) is 34.1 Å². The number of hydrogen-bond donors (Lipinski definition) is 10. The van der Waals surface area contributed by atoms with Gasteiger partial charge in [-0.05, 0) is 84.3 Å². The maximum Gasteiger partial charge on any atom is 0.339 e. The SMILES string of the molecule is Cc1cc2c(c(O)c1-c1c(C)cc3c(c1O)C(=CNc1ccc(O)c(C(=O)O)c1)C(=O)C(O)=C3C(C)C)C(=CNc1ccc(O)c(C(=O)O)c1)C(=O)C(O)=C2C(C)C. The van der Waals surface area contributed by atoms with Gasteiger partial charge in [0.05, 0.1) is 11.1 Å². The second kappa shape index (κ2) is 14.9. The number of carbonyl (C=O) groups is 4. The number of allylic oxidation sites excluding steroid dienone is 4. The fourth-order valence-corrected chi connectivity index (χ4v) is 7.53. The van der Waals surface area contributed by atoms with Gasteiger partial charge in [-0.15, -0.1) is 0 Å². The van der Waals surface area contributed by atoms with Crippen molar-refractivity contribution in [2.75, 3.05) is 10.6 Å². The van der Waals surface area contributed by atoms with Crippen molar-refractivity contribution in [3.05, 3.63) is 117 Å². The molecule has 2 aliphatic rings. The Morgan fingerprint density at radius 2 is 0.897 bits per heavy atom.